The molecule has 0 aromatic heterocycles. The number of carbonyl (C=O) groups excluding carboxylic acids is 1. The molecule has 0 radical (unpaired) electrons. The predicted molar refractivity (Wildman–Crippen MR) is 94.8 cm³/mol. The zero-order valence-electron chi connectivity index (χ0n) is 15.0. The van der Waals surface area contributed by atoms with Crippen LogP contribution in [-0.2, 0) is 4.74 Å². The van der Waals surface area contributed by atoms with Gasteiger partial charge in [0.1, 0.15) is 5.60 Å². The van der Waals surface area contributed by atoms with E-state index in [1.54, 1.807) is 0 Å². The van der Waals surface area contributed by atoms with E-state index in [2.05, 4.69) is 10.2 Å². The molecule has 134 valence electrons. The quantitative estimate of drug-likeness (QED) is 0.840. The molecule has 0 aliphatic carbocycles. The van der Waals surface area contributed by atoms with E-state index in [1.807, 2.05) is 51.1 Å². The Hall–Kier alpha value is -1.59. The summed E-state index contributed by atoms with van der Waals surface area (Å²) >= 11 is 0. The van der Waals surface area contributed by atoms with Gasteiger partial charge in [0.05, 0.1) is 6.10 Å². The van der Waals surface area contributed by atoms with Crippen molar-refractivity contribution in [2.24, 2.45) is 5.92 Å². The lowest BCUT2D eigenvalue weighted by molar-refractivity contribution is 0.0458. The molecular formula is C19H30N2O3. The van der Waals surface area contributed by atoms with Crippen LogP contribution in [0, 0.1) is 5.92 Å². The van der Waals surface area contributed by atoms with Crippen molar-refractivity contribution in [1.29, 1.82) is 0 Å². The van der Waals surface area contributed by atoms with Crippen molar-refractivity contribution in [2.45, 2.75) is 45.3 Å². The molecule has 5 heteroatoms. The molecule has 24 heavy (non-hydrogen) atoms. The van der Waals surface area contributed by atoms with Crippen LogP contribution in [0.15, 0.2) is 30.3 Å². The van der Waals surface area contributed by atoms with Gasteiger partial charge in [-0.05, 0) is 52.3 Å². The third kappa shape index (κ3) is 6.13. The zero-order chi connectivity index (χ0) is 17.6. The number of benzene rings is 1. The standard InChI is InChI=1S/C19H30N2O3/c1-19(2,3)24-18(23)20-13-16(14-21-11-7-8-12-21)17(22)15-9-5-4-6-10-15/h4-6,9-10,16-17,22H,7-8,11-14H2,1-3H3,(H,20,23). The second kappa shape index (κ2) is 8.49. The Bertz CT molecular complexity index is 507. The van der Waals surface area contributed by atoms with E-state index < -0.39 is 17.8 Å². The second-order valence-electron chi connectivity index (χ2n) is 7.51. The van der Waals surface area contributed by atoms with Crippen molar-refractivity contribution in [2.75, 3.05) is 26.2 Å². The number of likely N-dealkylation sites (tertiary alicyclic amines) is 1. The molecule has 1 aliphatic rings. The number of hydrogen-bond donors (Lipinski definition) is 2. The maximum absolute atomic E-state index is 11.9. The highest BCUT2D eigenvalue weighted by Gasteiger charge is 2.26. The first kappa shape index (κ1) is 18.7. The van der Waals surface area contributed by atoms with Gasteiger partial charge in [-0.1, -0.05) is 30.3 Å². The molecule has 1 aromatic carbocycles. The van der Waals surface area contributed by atoms with Gasteiger partial charge in [-0.15, -0.1) is 0 Å². The van der Waals surface area contributed by atoms with E-state index in [0.29, 0.717) is 6.54 Å². The van der Waals surface area contributed by atoms with Crippen molar-refractivity contribution in [3.8, 4) is 0 Å². The van der Waals surface area contributed by atoms with Crippen LogP contribution in [0.3, 0.4) is 0 Å². The summed E-state index contributed by atoms with van der Waals surface area (Å²) < 4.78 is 5.30. The molecule has 1 fully saturated rings. The minimum atomic E-state index is -0.610. The van der Waals surface area contributed by atoms with Gasteiger partial charge >= 0.3 is 6.09 Å². The molecule has 2 rings (SSSR count). The molecular weight excluding hydrogens is 304 g/mol. The number of aliphatic hydroxyl groups is 1. The zero-order valence-corrected chi connectivity index (χ0v) is 15.0. The van der Waals surface area contributed by atoms with E-state index in [0.717, 1.165) is 25.2 Å². The third-order valence-corrected chi connectivity index (χ3v) is 4.19. The Morgan fingerprint density at radius 1 is 1.25 bits per heavy atom. The highest BCUT2D eigenvalue weighted by molar-refractivity contribution is 5.67. The summed E-state index contributed by atoms with van der Waals surface area (Å²) in [5, 5.41) is 13.6. The van der Waals surface area contributed by atoms with Gasteiger partial charge in [0, 0.05) is 19.0 Å². The lowest BCUT2D eigenvalue weighted by Gasteiger charge is -2.28. The number of aliphatic hydroxyl groups excluding tert-OH is 1. The topological polar surface area (TPSA) is 61.8 Å². The number of carbonyl (C=O) groups is 1. The smallest absolute Gasteiger partial charge is 0.407 e. The van der Waals surface area contributed by atoms with Crippen molar-refractivity contribution < 1.29 is 14.6 Å². The van der Waals surface area contributed by atoms with E-state index in [1.165, 1.54) is 12.8 Å². The summed E-state index contributed by atoms with van der Waals surface area (Å²) in [5.41, 5.74) is 0.361. The Morgan fingerprint density at radius 2 is 1.88 bits per heavy atom. The van der Waals surface area contributed by atoms with Gasteiger partial charge in [-0.3, -0.25) is 0 Å². The van der Waals surface area contributed by atoms with Crippen molar-refractivity contribution in [3.63, 3.8) is 0 Å². The highest BCUT2D eigenvalue weighted by atomic mass is 16.6. The fourth-order valence-corrected chi connectivity index (χ4v) is 3.02. The van der Waals surface area contributed by atoms with E-state index >= 15 is 0 Å². The van der Waals surface area contributed by atoms with Gasteiger partial charge in [0.15, 0.2) is 0 Å². The maximum Gasteiger partial charge on any atom is 0.407 e. The number of nitrogens with one attached hydrogen (secondary N) is 1. The molecule has 2 N–H and O–H groups in total. The van der Waals surface area contributed by atoms with Gasteiger partial charge in [-0.25, -0.2) is 4.79 Å². The summed E-state index contributed by atoms with van der Waals surface area (Å²) in [6, 6.07) is 9.63. The molecule has 2 unspecified atom stereocenters. The second-order valence-corrected chi connectivity index (χ2v) is 7.51. The van der Waals surface area contributed by atoms with Crippen molar-refractivity contribution >= 4 is 6.09 Å². The molecule has 1 amide bonds. The summed E-state index contributed by atoms with van der Waals surface area (Å²) in [5.74, 6) is -0.0713. The molecule has 5 nitrogen and oxygen atoms in total. The van der Waals surface area contributed by atoms with Gasteiger partial charge < -0.3 is 20.1 Å². The van der Waals surface area contributed by atoms with Crippen molar-refractivity contribution in [1.82, 2.24) is 10.2 Å². The summed E-state index contributed by atoms with van der Waals surface area (Å²) in [7, 11) is 0. The minimum absolute atomic E-state index is 0.0713. The summed E-state index contributed by atoms with van der Waals surface area (Å²) in [6.07, 6.45) is 1.36. The SMILES string of the molecule is CC(C)(C)OC(=O)NCC(CN1CCCC1)C(O)c1ccccc1. The Kier molecular flexibility index (Phi) is 6.63. The van der Waals surface area contributed by atoms with Crippen LogP contribution in [0.25, 0.3) is 0 Å². The summed E-state index contributed by atoms with van der Waals surface area (Å²) in [4.78, 5) is 14.3. The number of ether oxygens (including phenoxy) is 1. The van der Waals surface area contributed by atoms with Gasteiger partial charge in [0.25, 0.3) is 0 Å². The van der Waals surface area contributed by atoms with Crippen LogP contribution < -0.4 is 5.32 Å². The lowest BCUT2D eigenvalue weighted by Crippen LogP contribution is -2.40. The Labute approximate surface area is 145 Å². The average Bonchev–Trinajstić information content (AvgIpc) is 3.03. The molecule has 0 bridgehead atoms. The normalized spacial score (nSPS) is 18.2. The number of amides is 1. The predicted octanol–water partition coefficient (Wildman–Crippen LogP) is 2.96. The molecule has 0 saturated carbocycles. The number of rotatable bonds is 6. The van der Waals surface area contributed by atoms with E-state index in [9.17, 15) is 9.90 Å². The third-order valence-electron chi connectivity index (χ3n) is 4.19. The first-order valence-corrected chi connectivity index (χ1v) is 8.77. The van der Waals surface area contributed by atoms with Crippen LogP contribution >= 0.6 is 0 Å². The fourth-order valence-electron chi connectivity index (χ4n) is 3.02. The largest absolute Gasteiger partial charge is 0.444 e. The maximum atomic E-state index is 11.9. The molecule has 0 spiro atoms. The number of nitrogens with zero attached hydrogens (tertiary/aromatic N) is 1. The van der Waals surface area contributed by atoms with Crippen LogP contribution in [-0.4, -0.2) is 47.9 Å². The molecule has 1 aromatic rings. The highest BCUT2D eigenvalue weighted by Crippen LogP contribution is 2.24. The molecule has 1 saturated heterocycles. The van der Waals surface area contributed by atoms with Crippen LogP contribution in [0.1, 0.15) is 45.3 Å². The van der Waals surface area contributed by atoms with Crippen LogP contribution in [0.4, 0.5) is 4.79 Å². The summed E-state index contributed by atoms with van der Waals surface area (Å²) in [6.45, 7) is 8.80. The molecule has 2 atom stereocenters. The first-order valence-electron chi connectivity index (χ1n) is 8.77. The molecule has 1 aliphatic heterocycles. The van der Waals surface area contributed by atoms with Crippen LogP contribution in [0.2, 0.25) is 0 Å². The van der Waals surface area contributed by atoms with Crippen molar-refractivity contribution in [3.05, 3.63) is 35.9 Å². The van der Waals surface area contributed by atoms with Gasteiger partial charge in [0.2, 0.25) is 0 Å². The monoisotopic (exact) mass is 334 g/mol. The van der Waals surface area contributed by atoms with E-state index in [4.69, 9.17) is 4.74 Å². The van der Waals surface area contributed by atoms with Gasteiger partial charge in [-0.2, -0.15) is 0 Å². The Morgan fingerprint density at radius 3 is 2.46 bits per heavy atom. The first-order chi connectivity index (χ1) is 11.3. The molecule has 1 heterocycles. The Balaban J connectivity index is 1.98. The number of alkyl carbamates (subject to hydrolysis) is 1. The fraction of sp³-hybridized carbons (Fsp3) is 0.632. The van der Waals surface area contributed by atoms with Crippen LogP contribution in [0.5, 0.6) is 0 Å². The van der Waals surface area contributed by atoms with E-state index in [-0.39, 0.29) is 5.92 Å². The number of hydrogen-bond acceptors (Lipinski definition) is 4. The lowest BCUT2D eigenvalue weighted by atomic mass is 9.95. The average molecular weight is 334 g/mol. The minimum Gasteiger partial charge on any atom is -0.444 e.